The maximum absolute atomic E-state index is 11.7. The lowest BCUT2D eigenvalue weighted by Crippen LogP contribution is -2.13. The van der Waals surface area contributed by atoms with Crippen molar-refractivity contribution in [3.8, 4) is 0 Å². The Morgan fingerprint density at radius 2 is 2.12 bits per heavy atom. The number of sulfone groups is 1. The molecule has 0 aliphatic rings. The van der Waals surface area contributed by atoms with E-state index in [2.05, 4.69) is 4.18 Å². The monoisotopic (exact) mass is 264 g/mol. The average Bonchev–Trinajstić information content (AvgIpc) is 2.16. The zero-order valence-electron chi connectivity index (χ0n) is 8.62. The van der Waals surface area contributed by atoms with Gasteiger partial charge in [-0.3, -0.25) is 8.74 Å². The molecule has 1 N–H and O–H groups in total. The quantitative estimate of drug-likeness (QED) is 0.800. The number of benzene rings is 1. The minimum atomic E-state index is -3.45. The van der Waals surface area contributed by atoms with Crippen molar-refractivity contribution in [2.45, 2.75) is 11.8 Å². The summed E-state index contributed by atoms with van der Waals surface area (Å²) in [6.45, 7) is 1.48. The topological polar surface area (TPSA) is 80.7 Å². The molecule has 0 aromatic heterocycles. The largest absolute Gasteiger partial charge is 0.301 e. The van der Waals surface area contributed by atoms with Crippen molar-refractivity contribution in [2.75, 3.05) is 12.4 Å². The predicted molar refractivity (Wildman–Crippen MR) is 60.0 cm³/mol. The third-order valence-electron chi connectivity index (χ3n) is 1.88. The summed E-state index contributed by atoms with van der Waals surface area (Å²) in [4.78, 5) is 0.194. The first-order valence-electron chi connectivity index (χ1n) is 4.45. The molecule has 0 saturated carbocycles. The molecule has 16 heavy (non-hydrogen) atoms. The van der Waals surface area contributed by atoms with Crippen LogP contribution in [0.2, 0.25) is 0 Å². The Labute approximate surface area is 96.9 Å². The fourth-order valence-electron chi connectivity index (χ4n) is 1.14. The Kier molecular flexibility index (Phi) is 4.60. The van der Waals surface area contributed by atoms with Crippen LogP contribution in [0.3, 0.4) is 0 Å². The highest BCUT2D eigenvalue weighted by Gasteiger charge is 2.14. The van der Waals surface area contributed by atoms with E-state index in [0.717, 1.165) is 5.56 Å². The lowest BCUT2D eigenvalue weighted by molar-refractivity contribution is 0.326. The van der Waals surface area contributed by atoms with Gasteiger partial charge in [0.15, 0.2) is 9.84 Å². The fraction of sp³-hybridized carbons (Fsp3) is 0.333. The molecule has 1 aromatic rings. The molecule has 5 nitrogen and oxygen atoms in total. The summed E-state index contributed by atoms with van der Waals surface area (Å²) in [5, 5.41) is 0. The van der Waals surface area contributed by atoms with E-state index in [1.165, 1.54) is 6.07 Å². The minimum Gasteiger partial charge on any atom is -0.284 e. The smallest absolute Gasteiger partial charge is 0.284 e. The van der Waals surface area contributed by atoms with Crippen molar-refractivity contribution >= 4 is 21.2 Å². The molecule has 0 bridgehead atoms. The molecule has 0 saturated heterocycles. The first kappa shape index (κ1) is 13.3. The van der Waals surface area contributed by atoms with Gasteiger partial charge in [0.25, 0.3) is 0 Å². The summed E-state index contributed by atoms with van der Waals surface area (Å²) in [6, 6.07) is 6.47. The number of rotatable bonds is 5. The molecular formula is C9H12O5S2. The van der Waals surface area contributed by atoms with Gasteiger partial charge in [-0.25, -0.2) is 8.42 Å². The second kappa shape index (κ2) is 5.53. The van der Waals surface area contributed by atoms with Crippen molar-refractivity contribution in [3.63, 3.8) is 0 Å². The number of hydrogen-bond donors (Lipinski definition) is 1. The van der Waals surface area contributed by atoms with Crippen LogP contribution >= 0.6 is 0 Å². The molecule has 0 amide bonds. The third-order valence-corrected chi connectivity index (χ3v) is 3.93. The molecule has 1 rings (SSSR count). The molecule has 1 aromatic carbocycles. The van der Waals surface area contributed by atoms with Crippen molar-refractivity contribution in [2.24, 2.45) is 0 Å². The average molecular weight is 264 g/mol. The maximum Gasteiger partial charge on any atom is 0.301 e. The van der Waals surface area contributed by atoms with Gasteiger partial charge in [0.05, 0.1) is 17.3 Å². The van der Waals surface area contributed by atoms with Crippen LogP contribution in [0.15, 0.2) is 29.2 Å². The first-order chi connectivity index (χ1) is 7.42. The van der Waals surface area contributed by atoms with Crippen LogP contribution in [-0.4, -0.2) is 29.5 Å². The van der Waals surface area contributed by atoms with Crippen LogP contribution in [0.1, 0.15) is 5.56 Å². The van der Waals surface area contributed by atoms with Crippen molar-refractivity contribution in [3.05, 3.63) is 29.8 Å². The Morgan fingerprint density at radius 3 is 2.69 bits per heavy atom. The van der Waals surface area contributed by atoms with E-state index in [-0.39, 0.29) is 17.3 Å². The van der Waals surface area contributed by atoms with Gasteiger partial charge >= 0.3 is 11.4 Å². The second-order valence-corrected chi connectivity index (χ2v) is 5.95. The van der Waals surface area contributed by atoms with E-state index in [0.29, 0.717) is 0 Å². The lowest BCUT2D eigenvalue weighted by Gasteiger charge is -2.04. The number of aryl methyl sites for hydroxylation is 1. The van der Waals surface area contributed by atoms with E-state index in [9.17, 15) is 12.6 Å². The van der Waals surface area contributed by atoms with Gasteiger partial charge in [-0.2, -0.15) is 4.21 Å². The molecular weight excluding hydrogens is 252 g/mol. The molecule has 0 aliphatic carbocycles. The van der Waals surface area contributed by atoms with Crippen LogP contribution in [0.4, 0.5) is 0 Å². The highest BCUT2D eigenvalue weighted by molar-refractivity contribution is 7.91. The van der Waals surface area contributed by atoms with Crippen LogP contribution in [0, 0.1) is 6.92 Å². The summed E-state index contributed by atoms with van der Waals surface area (Å²) in [6.07, 6.45) is 0. The molecule has 0 aliphatic heterocycles. The lowest BCUT2D eigenvalue weighted by atomic mass is 10.2. The van der Waals surface area contributed by atoms with Crippen LogP contribution in [0.25, 0.3) is 0 Å². The molecule has 90 valence electrons. The predicted octanol–water partition coefficient (Wildman–Crippen LogP) is 0.922. The Morgan fingerprint density at radius 1 is 1.44 bits per heavy atom. The van der Waals surface area contributed by atoms with Crippen LogP contribution in [-0.2, 0) is 25.4 Å². The zero-order chi connectivity index (χ0) is 12.2. The maximum atomic E-state index is 11.7. The van der Waals surface area contributed by atoms with Crippen molar-refractivity contribution in [1.82, 2.24) is 0 Å². The van der Waals surface area contributed by atoms with Gasteiger partial charge in [-0.1, -0.05) is 12.1 Å². The minimum absolute atomic E-state index is 0.194. The van der Waals surface area contributed by atoms with Crippen molar-refractivity contribution in [1.29, 1.82) is 0 Å². The van der Waals surface area contributed by atoms with E-state index in [4.69, 9.17) is 4.55 Å². The normalized spacial score (nSPS) is 13.6. The van der Waals surface area contributed by atoms with Gasteiger partial charge < -0.3 is 0 Å². The summed E-state index contributed by atoms with van der Waals surface area (Å²) in [7, 11) is -3.45. The van der Waals surface area contributed by atoms with E-state index >= 15 is 0 Å². The summed E-state index contributed by atoms with van der Waals surface area (Å²) in [5.74, 6) is -0.317. The van der Waals surface area contributed by atoms with Gasteiger partial charge in [0, 0.05) is 0 Å². The first-order valence-corrected chi connectivity index (χ1v) is 7.14. The second-order valence-electron chi connectivity index (χ2n) is 3.17. The van der Waals surface area contributed by atoms with Gasteiger partial charge in [0.1, 0.15) is 0 Å². The summed E-state index contributed by atoms with van der Waals surface area (Å²) < 4.78 is 46.2. The Bertz CT molecular complexity index is 480. The molecule has 7 heteroatoms. The molecule has 0 radical (unpaired) electrons. The number of hydrogen-bond acceptors (Lipinski definition) is 4. The van der Waals surface area contributed by atoms with E-state index in [1.54, 1.807) is 25.1 Å². The highest BCUT2D eigenvalue weighted by Crippen LogP contribution is 2.12. The van der Waals surface area contributed by atoms with E-state index in [1.807, 2.05) is 0 Å². The molecule has 0 fully saturated rings. The highest BCUT2D eigenvalue weighted by atomic mass is 32.2. The van der Waals surface area contributed by atoms with Gasteiger partial charge in [0.2, 0.25) is 0 Å². The standard InChI is InChI=1S/C9H12O5S2/c1-8-3-2-4-9(7-8)16(12,13)6-5-14-15(10)11/h2-4,7H,5-6H2,1H3,(H,10,11). The van der Waals surface area contributed by atoms with Crippen molar-refractivity contribution < 1.29 is 21.4 Å². The Balaban J connectivity index is 2.74. The summed E-state index contributed by atoms with van der Waals surface area (Å²) in [5.41, 5.74) is 0.840. The van der Waals surface area contributed by atoms with E-state index < -0.39 is 21.2 Å². The Hall–Kier alpha value is -0.760. The summed E-state index contributed by atoms with van der Waals surface area (Å²) >= 11 is -2.43. The van der Waals surface area contributed by atoms with Gasteiger partial charge in [-0.05, 0) is 24.6 Å². The zero-order valence-corrected chi connectivity index (χ0v) is 10.3. The molecule has 1 atom stereocenters. The molecule has 0 spiro atoms. The molecule has 0 heterocycles. The fourth-order valence-corrected chi connectivity index (χ4v) is 2.66. The SMILES string of the molecule is Cc1cccc(S(=O)(=O)CCOS(=O)O)c1. The van der Waals surface area contributed by atoms with Gasteiger partial charge in [-0.15, -0.1) is 0 Å². The van der Waals surface area contributed by atoms with Crippen LogP contribution in [0.5, 0.6) is 0 Å². The third kappa shape index (κ3) is 4.01. The molecule has 1 unspecified atom stereocenters. The van der Waals surface area contributed by atoms with Crippen LogP contribution < -0.4 is 0 Å².